The van der Waals surface area contributed by atoms with E-state index < -0.39 is 5.97 Å². The molecular weight excluding hydrogens is 276 g/mol. The van der Waals surface area contributed by atoms with Crippen molar-refractivity contribution >= 4 is 23.3 Å². The highest BCUT2D eigenvalue weighted by Crippen LogP contribution is 2.35. The minimum absolute atomic E-state index is 0.204. The summed E-state index contributed by atoms with van der Waals surface area (Å²) in [5.74, 6) is -0.454. The summed E-state index contributed by atoms with van der Waals surface area (Å²) in [6.07, 6.45) is 4.67. The zero-order chi connectivity index (χ0) is 13.9. The van der Waals surface area contributed by atoms with E-state index in [1.165, 1.54) is 16.7 Å². The van der Waals surface area contributed by atoms with Gasteiger partial charge in [-0.15, -0.1) is 11.3 Å². The molecule has 2 heterocycles. The third-order valence-corrected chi connectivity index (χ3v) is 4.33. The predicted molar refractivity (Wildman–Crippen MR) is 76.1 cm³/mol. The molecule has 1 aliphatic rings. The van der Waals surface area contributed by atoms with Gasteiger partial charge in [0.2, 0.25) is 0 Å². The number of carbonyl (C=O) groups is 1. The first-order valence-electron chi connectivity index (χ1n) is 6.73. The molecule has 1 aliphatic carbocycles. The van der Waals surface area contributed by atoms with E-state index in [1.54, 1.807) is 18.3 Å². The Morgan fingerprint density at radius 2 is 2.55 bits per heavy atom. The van der Waals surface area contributed by atoms with Crippen molar-refractivity contribution in [3.63, 3.8) is 0 Å². The number of anilines is 1. The largest absolute Gasteiger partial charge is 0.461 e. The first-order valence-corrected chi connectivity index (χ1v) is 7.61. The van der Waals surface area contributed by atoms with Crippen LogP contribution in [0.5, 0.6) is 0 Å². The normalized spacial score (nSPS) is 17.6. The van der Waals surface area contributed by atoms with Crippen molar-refractivity contribution in [2.75, 3.05) is 11.9 Å². The Balaban J connectivity index is 1.72. The molecule has 0 saturated carbocycles. The van der Waals surface area contributed by atoms with Crippen LogP contribution >= 0.6 is 11.3 Å². The molecule has 1 atom stereocenters. The Morgan fingerprint density at radius 1 is 1.65 bits per heavy atom. The number of hydrogen-bond donors (Lipinski definition) is 1. The molecular formula is C14H16N2O3S. The van der Waals surface area contributed by atoms with E-state index in [2.05, 4.69) is 21.7 Å². The van der Waals surface area contributed by atoms with Crippen LogP contribution in [-0.4, -0.2) is 17.6 Å². The number of nitrogens with zero attached hydrogens (tertiary/aromatic N) is 1. The maximum absolute atomic E-state index is 11.5. The first-order chi connectivity index (χ1) is 9.78. The maximum Gasteiger partial charge on any atom is 0.360 e. The van der Waals surface area contributed by atoms with Crippen LogP contribution < -0.4 is 5.32 Å². The zero-order valence-electron chi connectivity index (χ0n) is 11.2. The minimum atomic E-state index is -0.454. The molecule has 0 aliphatic heterocycles. The van der Waals surface area contributed by atoms with Crippen LogP contribution in [0.15, 0.2) is 22.1 Å². The maximum atomic E-state index is 11.5. The van der Waals surface area contributed by atoms with E-state index in [4.69, 9.17) is 9.15 Å². The summed E-state index contributed by atoms with van der Waals surface area (Å²) >= 11 is 1.79. The van der Waals surface area contributed by atoms with Crippen molar-refractivity contribution in [2.24, 2.45) is 0 Å². The fourth-order valence-corrected chi connectivity index (χ4v) is 3.41. The monoisotopic (exact) mass is 292 g/mol. The van der Waals surface area contributed by atoms with E-state index in [0.29, 0.717) is 12.6 Å². The van der Waals surface area contributed by atoms with Crippen molar-refractivity contribution in [1.29, 1.82) is 0 Å². The van der Waals surface area contributed by atoms with Gasteiger partial charge in [-0.05, 0) is 43.2 Å². The summed E-state index contributed by atoms with van der Waals surface area (Å²) in [6, 6.07) is 2.72. The zero-order valence-corrected chi connectivity index (χ0v) is 12.0. The molecule has 106 valence electrons. The molecule has 0 saturated heterocycles. The molecule has 5 nitrogen and oxygen atoms in total. The molecule has 0 spiro atoms. The van der Waals surface area contributed by atoms with Gasteiger partial charge in [0.25, 0.3) is 6.01 Å². The molecule has 0 bridgehead atoms. The highest BCUT2D eigenvalue weighted by Gasteiger charge is 2.23. The first kappa shape index (κ1) is 13.2. The van der Waals surface area contributed by atoms with Crippen LogP contribution in [0.2, 0.25) is 0 Å². The lowest BCUT2D eigenvalue weighted by Gasteiger charge is -2.22. The number of oxazole rings is 1. The number of aryl methyl sites for hydroxylation is 1. The van der Waals surface area contributed by atoms with Crippen LogP contribution in [0.4, 0.5) is 6.01 Å². The Bertz CT molecular complexity index is 605. The number of esters is 1. The number of fused-ring (bicyclic) bond motifs is 1. The van der Waals surface area contributed by atoms with Gasteiger partial charge in [-0.2, -0.15) is 4.98 Å². The second-order valence-electron chi connectivity index (χ2n) is 4.65. The lowest BCUT2D eigenvalue weighted by molar-refractivity contribution is 0.0519. The van der Waals surface area contributed by atoms with Crippen molar-refractivity contribution < 1.29 is 13.9 Å². The van der Waals surface area contributed by atoms with Gasteiger partial charge in [0.1, 0.15) is 6.26 Å². The van der Waals surface area contributed by atoms with Gasteiger partial charge in [-0.1, -0.05) is 0 Å². The number of thiophene rings is 1. The van der Waals surface area contributed by atoms with Crippen molar-refractivity contribution in [2.45, 2.75) is 32.2 Å². The van der Waals surface area contributed by atoms with Crippen molar-refractivity contribution in [3.05, 3.63) is 33.8 Å². The molecule has 0 fully saturated rings. The van der Waals surface area contributed by atoms with Gasteiger partial charge in [-0.25, -0.2) is 4.79 Å². The van der Waals surface area contributed by atoms with Crippen molar-refractivity contribution in [3.8, 4) is 0 Å². The second kappa shape index (κ2) is 5.66. The number of ether oxygens (including phenoxy) is 1. The lowest BCUT2D eigenvalue weighted by Crippen LogP contribution is -2.16. The Hall–Kier alpha value is -1.82. The van der Waals surface area contributed by atoms with E-state index in [0.717, 1.165) is 19.3 Å². The molecule has 0 aromatic carbocycles. The van der Waals surface area contributed by atoms with Crippen LogP contribution in [0.3, 0.4) is 0 Å². The number of carbonyl (C=O) groups excluding carboxylic acids is 1. The summed E-state index contributed by atoms with van der Waals surface area (Å²) in [5, 5.41) is 5.38. The fraction of sp³-hybridized carbons (Fsp3) is 0.429. The number of aromatic nitrogens is 1. The van der Waals surface area contributed by atoms with Gasteiger partial charge in [0, 0.05) is 4.88 Å². The second-order valence-corrected chi connectivity index (χ2v) is 5.65. The fourth-order valence-electron chi connectivity index (χ4n) is 2.42. The average molecular weight is 292 g/mol. The highest BCUT2D eigenvalue weighted by atomic mass is 32.1. The molecule has 2 aromatic rings. The molecule has 6 heteroatoms. The van der Waals surface area contributed by atoms with E-state index in [1.807, 2.05) is 0 Å². The predicted octanol–water partition coefficient (Wildman–Crippen LogP) is 3.40. The highest BCUT2D eigenvalue weighted by molar-refractivity contribution is 7.10. The topological polar surface area (TPSA) is 64.4 Å². The average Bonchev–Trinajstić information content (AvgIpc) is 3.08. The van der Waals surface area contributed by atoms with E-state index in [-0.39, 0.29) is 11.7 Å². The molecule has 3 rings (SSSR count). The SMILES string of the molecule is CCOC(=O)c1coc(NC2CCCc3sccc32)n1. The Morgan fingerprint density at radius 3 is 3.40 bits per heavy atom. The van der Waals surface area contributed by atoms with Crippen LogP contribution in [-0.2, 0) is 11.2 Å². The van der Waals surface area contributed by atoms with Gasteiger partial charge < -0.3 is 14.5 Å². The molecule has 1 unspecified atom stereocenters. The molecule has 20 heavy (non-hydrogen) atoms. The molecule has 2 aromatic heterocycles. The van der Waals surface area contributed by atoms with Gasteiger partial charge >= 0.3 is 5.97 Å². The summed E-state index contributed by atoms with van der Waals surface area (Å²) in [5.41, 5.74) is 1.52. The number of hydrogen-bond acceptors (Lipinski definition) is 6. The quantitative estimate of drug-likeness (QED) is 0.875. The van der Waals surface area contributed by atoms with E-state index in [9.17, 15) is 4.79 Å². The summed E-state index contributed by atoms with van der Waals surface area (Å²) in [6.45, 7) is 2.09. The molecule has 0 radical (unpaired) electrons. The Kier molecular flexibility index (Phi) is 3.73. The molecule has 1 N–H and O–H groups in total. The van der Waals surface area contributed by atoms with Crippen LogP contribution in [0, 0.1) is 0 Å². The van der Waals surface area contributed by atoms with Crippen molar-refractivity contribution in [1.82, 2.24) is 4.98 Å². The Labute approximate surface area is 121 Å². The molecule has 0 amide bonds. The number of nitrogens with one attached hydrogen (secondary N) is 1. The van der Waals surface area contributed by atoms with Gasteiger partial charge in [-0.3, -0.25) is 0 Å². The number of rotatable bonds is 4. The standard InChI is InChI=1S/C14H16N2O3S/c1-2-18-13(17)11-8-19-14(16-11)15-10-4-3-5-12-9(10)6-7-20-12/h6-8,10H,2-5H2,1H3,(H,15,16). The van der Waals surface area contributed by atoms with Crippen LogP contribution in [0.1, 0.15) is 46.7 Å². The lowest BCUT2D eigenvalue weighted by atomic mass is 9.94. The smallest absolute Gasteiger partial charge is 0.360 e. The summed E-state index contributed by atoms with van der Waals surface area (Å²) in [4.78, 5) is 17.1. The third kappa shape index (κ3) is 2.56. The third-order valence-electron chi connectivity index (χ3n) is 3.34. The van der Waals surface area contributed by atoms with Gasteiger partial charge in [0.05, 0.1) is 12.6 Å². The summed E-state index contributed by atoms with van der Waals surface area (Å²) in [7, 11) is 0. The minimum Gasteiger partial charge on any atom is -0.461 e. The van der Waals surface area contributed by atoms with E-state index >= 15 is 0 Å². The summed E-state index contributed by atoms with van der Waals surface area (Å²) < 4.78 is 10.2. The van der Waals surface area contributed by atoms with Crippen LogP contribution in [0.25, 0.3) is 0 Å². The van der Waals surface area contributed by atoms with Gasteiger partial charge in [0.15, 0.2) is 5.69 Å².